The fourth-order valence-corrected chi connectivity index (χ4v) is 6.49. The van der Waals surface area contributed by atoms with Crippen molar-refractivity contribution in [3.8, 4) is 11.5 Å². The van der Waals surface area contributed by atoms with Crippen LogP contribution in [0.25, 0.3) is 0 Å². The van der Waals surface area contributed by atoms with Crippen LogP contribution in [0.15, 0.2) is 103 Å². The Bertz CT molecular complexity index is 1740. The van der Waals surface area contributed by atoms with E-state index in [2.05, 4.69) is 22.5 Å². The molecular weight excluding hydrogens is 646 g/mol. The molecule has 2 aliphatic heterocycles. The number of esters is 1. The van der Waals surface area contributed by atoms with Crippen LogP contribution in [0.1, 0.15) is 69.6 Å². The Morgan fingerprint density at radius 2 is 1.43 bits per heavy atom. The first kappa shape index (κ1) is 36.1. The zero-order chi connectivity index (χ0) is 36.0. The quantitative estimate of drug-likeness (QED) is 0.142. The van der Waals surface area contributed by atoms with E-state index in [4.69, 9.17) is 18.9 Å². The predicted octanol–water partition coefficient (Wildman–Crippen LogP) is 8.21. The highest BCUT2D eigenvalue weighted by Gasteiger charge is 2.42. The standard InChI is InChI=1S/C41H47N3O7/c1-27-36(25-44-24-8-11-35(44)38(46)51-41(2,3)4)49-39(50-37(27)29-14-12-28(26-45)13-15-29)30-16-18-31(19-17-30)42-40(47)43-32-20-22-34(23-21-32)48-33-9-6-5-7-10-33/h5-7,9-10,12-23,27,35-37,39,45H,8,11,24-26H2,1-4H3,(H2,42,43,47)/t27-,35+,36+,37+,39+/m1/s1. The number of likely N-dealkylation sites (tertiary alicyclic amines) is 1. The molecule has 10 nitrogen and oxygen atoms in total. The molecule has 51 heavy (non-hydrogen) atoms. The molecule has 0 bridgehead atoms. The number of nitrogens with one attached hydrogen (secondary N) is 2. The number of urea groups is 1. The summed E-state index contributed by atoms with van der Waals surface area (Å²) in [7, 11) is 0. The van der Waals surface area contributed by atoms with E-state index in [0.717, 1.165) is 41.8 Å². The number of nitrogens with zero attached hydrogens (tertiary/aromatic N) is 1. The van der Waals surface area contributed by atoms with Gasteiger partial charge in [-0.15, -0.1) is 0 Å². The van der Waals surface area contributed by atoms with Crippen LogP contribution in [0, 0.1) is 5.92 Å². The average molecular weight is 694 g/mol. The first-order valence-corrected chi connectivity index (χ1v) is 17.5. The van der Waals surface area contributed by atoms with Gasteiger partial charge in [-0.2, -0.15) is 0 Å². The van der Waals surface area contributed by atoms with Crippen LogP contribution in [-0.2, 0) is 25.6 Å². The first-order chi connectivity index (χ1) is 24.5. The Balaban J connectivity index is 1.12. The van der Waals surface area contributed by atoms with Crippen molar-refractivity contribution < 1.29 is 33.6 Å². The van der Waals surface area contributed by atoms with Crippen molar-refractivity contribution in [3.05, 3.63) is 120 Å². The van der Waals surface area contributed by atoms with Gasteiger partial charge >= 0.3 is 12.0 Å². The van der Waals surface area contributed by atoms with E-state index in [0.29, 0.717) is 23.7 Å². The fourth-order valence-electron chi connectivity index (χ4n) is 6.49. The summed E-state index contributed by atoms with van der Waals surface area (Å²) in [5.41, 5.74) is 3.28. The zero-order valence-electron chi connectivity index (χ0n) is 29.6. The summed E-state index contributed by atoms with van der Waals surface area (Å²) in [6.45, 7) is 9.07. The number of carbonyl (C=O) groups excluding carboxylic acids is 2. The molecule has 0 saturated carbocycles. The van der Waals surface area contributed by atoms with Crippen LogP contribution < -0.4 is 15.4 Å². The van der Waals surface area contributed by atoms with Crippen molar-refractivity contribution in [1.82, 2.24) is 4.90 Å². The third kappa shape index (κ3) is 9.53. The number of amides is 2. The van der Waals surface area contributed by atoms with Crippen molar-refractivity contribution in [2.24, 2.45) is 5.92 Å². The highest BCUT2D eigenvalue weighted by Crippen LogP contribution is 2.42. The molecule has 0 aromatic heterocycles. The van der Waals surface area contributed by atoms with E-state index in [1.807, 2.05) is 99.6 Å². The van der Waals surface area contributed by atoms with Gasteiger partial charge in [0.05, 0.1) is 18.8 Å². The molecule has 0 radical (unpaired) electrons. The Morgan fingerprint density at radius 3 is 2.06 bits per heavy atom. The summed E-state index contributed by atoms with van der Waals surface area (Å²) in [6, 6.07) is 31.1. The Hall–Kier alpha value is -4.74. The normalized spacial score (nSPS) is 22.3. The third-order valence-electron chi connectivity index (χ3n) is 9.11. The van der Waals surface area contributed by atoms with Crippen molar-refractivity contribution in [3.63, 3.8) is 0 Å². The maximum absolute atomic E-state index is 13.1. The van der Waals surface area contributed by atoms with Gasteiger partial charge in [-0.25, -0.2) is 4.79 Å². The summed E-state index contributed by atoms with van der Waals surface area (Å²) < 4.78 is 24.9. The molecule has 268 valence electrons. The zero-order valence-corrected chi connectivity index (χ0v) is 29.6. The number of rotatable bonds is 10. The molecule has 10 heteroatoms. The molecular formula is C41H47N3O7. The molecule has 0 unspecified atom stereocenters. The highest BCUT2D eigenvalue weighted by molar-refractivity contribution is 5.99. The van der Waals surface area contributed by atoms with Crippen LogP contribution in [0.3, 0.4) is 0 Å². The molecule has 2 amide bonds. The second kappa shape index (κ2) is 16.1. The summed E-state index contributed by atoms with van der Waals surface area (Å²) in [4.78, 5) is 28.1. The van der Waals surface area contributed by atoms with Gasteiger partial charge in [0.25, 0.3) is 0 Å². The van der Waals surface area contributed by atoms with Gasteiger partial charge in [0.15, 0.2) is 6.29 Å². The van der Waals surface area contributed by atoms with Gasteiger partial charge in [-0.3, -0.25) is 9.69 Å². The van der Waals surface area contributed by atoms with Gasteiger partial charge in [0.1, 0.15) is 23.1 Å². The Kier molecular flexibility index (Phi) is 11.4. The fraction of sp³-hybridized carbons (Fsp3) is 0.366. The second-order valence-electron chi connectivity index (χ2n) is 14.1. The summed E-state index contributed by atoms with van der Waals surface area (Å²) >= 11 is 0. The molecule has 0 spiro atoms. The molecule has 4 aromatic rings. The molecule has 3 N–H and O–H groups in total. The molecule has 6 rings (SSSR count). The maximum atomic E-state index is 13.1. The lowest BCUT2D eigenvalue weighted by Gasteiger charge is -2.43. The summed E-state index contributed by atoms with van der Waals surface area (Å²) in [5, 5.41) is 15.3. The number of para-hydroxylation sites is 1. The van der Waals surface area contributed by atoms with Crippen LogP contribution in [0.2, 0.25) is 0 Å². The molecule has 2 saturated heterocycles. The Labute approximate surface area is 299 Å². The van der Waals surface area contributed by atoms with Crippen LogP contribution in [0.4, 0.5) is 16.2 Å². The number of ether oxygens (including phenoxy) is 4. The highest BCUT2D eigenvalue weighted by atomic mass is 16.7. The predicted molar refractivity (Wildman–Crippen MR) is 195 cm³/mol. The van der Waals surface area contributed by atoms with Gasteiger partial charge in [0, 0.05) is 29.4 Å². The van der Waals surface area contributed by atoms with Gasteiger partial charge in [0.2, 0.25) is 0 Å². The van der Waals surface area contributed by atoms with Gasteiger partial charge in [-0.1, -0.05) is 61.5 Å². The number of carbonyl (C=O) groups is 2. The minimum absolute atomic E-state index is 0.0366. The maximum Gasteiger partial charge on any atom is 0.323 e. The molecule has 5 atom stereocenters. The SMILES string of the molecule is C[C@@H]1[C@H](CN2CCC[C@H]2C(=O)OC(C)(C)C)O[C@H](c2ccc(NC(=O)Nc3ccc(Oc4ccccc4)cc3)cc2)O[C@@H]1c1ccc(CO)cc1. The van der Waals surface area contributed by atoms with Crippen molar-refractivity contribution in [1.29, 1.82) is 0 Å². The lowest BCUT2D eigenvalue weighted by molar-refractivity contribution is -0.276. The minimum Gasteiger partial charge on any atom is -0.459 e. The van der Waals surface area contributed by atoms with E-state index in [1.54, 1.807) is 24.3 Å². The van der Waals surface area contributed by atoms with Crippen LogP contribution in [-0.4, -0.2) is 52.8 Å². The number of aliphatic hydroxyl groups is 1. The van der Waals surface area contributed by atoms with Gasteiger partial charge in [-0.05, 0) is 99.8 Å². The van der Waals surface area contributed by atoms with Gasteiger partial charge < -0.3 is 34.7 Å². The number of aliphatic hydroxyl groups excluding tert-OH is 1. The van der Waals surface area contributed by atoms with Crippen LogP contribution >= 0.6 is 0 Å². The first-order valence-electron chi connectivity index (χ1n) is 17.5. The lowest BCUT2D eigenvalue weighted by atomic mass is 9.90. The second-order valence-corrected chi connectivity index (χ2v) is 14.1. The average Bonchev–Trinajstić information content (AvgIpc) is 3.59. The van der Waals surface area contributed by atoms with E-state index in [-0.39, 0.29) is 42.8 Å². The largest absolute Gasteiger partial charge is 0.459 e. The van der Waals surface area contributed by atoms with Crippen molar-refractivity contribution >= 4 is 23.4 Å². The van der Waals surface area contributed by atoms with Crippen molar-refractivity contribution in [2.75, 3.05) is 23.7 Å². The summed E-state index contributed by atoms with van der Waals surface area (Å²) in [5.74, 6) is 1.16. The number of benzene rings is 4. The van der Waals surface area contributed by atoms with E-state index in [9.17, 15) is 14.7 Å². The van der Waals surface area contributed by atoms with Crippen LogP contribution in [0.5, 0.6) is 11.5 Å². The van der Waals surface area contributed by atoms with Crippen molar-refractivity contribution in [2.45, 2.75) is 77.3 Å². The molecule has 0 aliphatic carbocycles. The summed E-state index contributed by atoms with van der Waals surface area (Å²) in [6.07, 6.45) is 0.431. The smallest absolute Gasteiger partial charge is 0.323 e. The monoisotopic (exact) mass is 693 g/mol. The topological polar surface area (TPSA) is 119 Å². The molecule has 2 heterocycles. The number of anilines is 2. The third-order valence-corrected chi connectivity index (χ3v) is 9.11. The Morgan fingerprint density at radius 1 is 0.824 bits per heavy atom. The molecule has 2 aliphatic rings. The number of hydrogen-bond acceptors (Lipinski definition) is 8. The molecule has 4 aromatic carbocycles. The molecule has 2 fully saturated rings. The van der Waals surface area contributed by atoms with E-state index >= 15 is 0 Å². The van der Waals surface area contributed by atoms with E-state index < -0.39 is 11.9 Å². The minimum atomic E-state index is -0.684. The van der Waals surface area contributed by atoms with E-state index in [1.165, 1.54) is 0 Å². The number of hydrogen-bond donors (Lipinski definition) is 3. The lowest BCUT2D eigenvalue weighted by Crippen LogP contribution is -2.48.